The van der Waals surface area contributed by atoms with Crippen LogP contribution in [0.2, 0.25) is 0 Å². The van der Waals surface area contributed by atoms with Crippen LogP contribution in [-0.2, 0) is 9.53 Å². The van der Waals surface area contributed by atoms with Gasteiger partial charge >= 0.3 is 5.97 Å². The quantitative estimate of drug-likeness (QED) is 0.142. The van der Waals surface area contributed by atoms with Crippen LogP contribution in [0.3, 0.4) is 0 Å². The van der Waals surface area contributed by atoms with Crippen LogP contribution in [0.5, 0.6) is 0 Å². The lowest BCUT2D eigenvalue weighted by Crippen LogP contribution is -2.29. The first-order chi connectivity index (χ1) is 12.5. The molecule has 5 nitrogen and oxygen atoms in total. The summed E-state index contributed by atoms with van der Waals surface area (Å²) in [4.78, 5) is 11.4. The highest BCUT2D eigenvalue weighted by Crippen LogP contribution is 2.10. The van der Waals surface area contributed by atoms with E-state index in [1.807, 2.05) is 0 Å². The molecule has 0 aliphatic carbocycles. The maximum atomic E-state index is 11.4. The molecule has 26 heavy (non-hydrogen) atoms. The second kappa shape index (κ2) is 17.5. The van der Waals surface area contributed by atoms with E-state index < -0.39 is 12.4 Å². The van der Waals surface area contributed by atoms with E-state index in [-0.39, 0.29) is 12.6 Å². The number of ether oxygens (including phenoxy) is 1. The molecule has 0 bridgehead atoms. The first-order valence-electron chi connectivity index (χ1n) is 10.4. The Labute approximate surface area is 159 Å². The van der Waals surface area contributed by atoms with E-state index in [1.54, 1.807) is 0 Å². The average Bonchev–Trinajstić information content (AvgIpc) is 2.57. The zero-order valence-electron chi connectivity index (χ0n) is 16.6. The van der Waals surface area contributed by atoms with Gasteiger partial charge in [-0.2, -0.15) is 0 Å². The predicted molar refractivity (Wildman–Crippen MR) is 104 cm³/mol. The van der Waals surface area contributed by atoms with Crippen molar-refractivity contribution in [2.24, 2.45) is 0 Å². The minimum atomic E-state index is -2.76. The molecule has 0 heterocycles. The van der Waals surface area contributed by atoms with E-state index in [2.05, 4.69) is 19.1 Å². The van der Waals surface area contributed by atoms with Gasteiger partial charge in [0, 0.05) is 6.42 Å². The van der Waals surface area contributed by atoms with Crippen molar-refractivity contribution in [3.63, 3.8) is 0 Å². The molecule has 0 aliphatic heterocycles. The van der Waals surface area contributed by atoms with E-state index >= 15 is 0 Å². The average molecular weight is 373 g/mol. The third-order valence-corrected chi connectivity index (χ3v) is 4.34. The van der Waals surface area contributed by atoms with Crippen molar-refractivity contribution in [2.45, 2.75) is 109 Å². The number of hydrogen-bond acceptors (Lipinski definition) is 5. The minimum absolute atomic E-state index is 0.187. The number of rotatable bonds is 18. The van der Waals surface area contributed by atoms with E-state index in [0.29, 0.717) is 6.42 Å². The zero-order chi connectivity index (χ0) is 19.5. The Morgan fingerprint density at radius 1 is 0.808 bits per heavy atom. The SMILES string of the molecule is CCCCCCCC/C=C\CCCCCCCC(=O)OCCC(O)(O)O. The number of carbonyl (C=O) groups is 1. The summed E-state index contributed by atoms with van der Waals surface area (Å²) in [5, 5.41) is 26.0. The Kier molecular flexibility index (Phi) is 16.9. The third-order valence-electron chi connectivity index (χ3n) is 4.34. The molecular weight excluding hydrogens is 332 g/mol. The van der Waals surface area contributed by atoms with Gasteiger partial charge in [0.25, 0.3) is 5.97 Å². The summed E-state index contributed by atoms with van der Waals surface area (Å²) in [7, 11) is 0. The maximum Gasteiger partial charge on any atom is 0.305 e. The van der Waals surface area contributed by atoms with Crippen molar-refractivity contribution in [2.75, 3.05) is 6.61 Å². The van der Waals surface area contributed by atoms with Gasteiger partial charge < -0.3 is 20.1 Å². The Hall–Kier alpha value is -0.910. The molecule has 0 atom stereocenters. The highest BCUT2D eigenvalue weighted by molar-refractivity contribution is 5.69. The molecule has 0 saturated carbocycles. The number of allylic oxidation sites excluding steroid dienone is 2. The summed E-state index contributed by atoms with van der Waals surface area (Å²) in [6, 6.07) is 0. The fourth-order valence-electron chi connectivity index (χ4n) is 2.71. The zero-order valence-corrected chi connectivity index (χ0v) is 16.6. The summed E-state index contributed by atoms with van der Waals surface area (Å²) >= 11 is 0. The Balaban J connectivity index is 3.25. The highest BCUT2D eigenvalue weighted by atomic mass is 16.7. The molecule has 0 aliphatic rings. The molecule has 0 spiro atoms. The Morgan fingerprint density at radius 2 is 1.31 bits per heavy atom. The molecule has 5 heteroatoms. The number of hydrogen-bond donors (Lipinski definition) is 3. The second-order valence-corrected chi connectivity index (χ2v) is 7.08. The molecule has 0 aromatic carbocycles. The minimum Gasteiger partial charge on any atom is -0.465 e. The van der Waals surface area contributed by atoms with E-state index in [1.165, 1.54) is 57.8 Å². The van der Waals surface area contributed by atoms with Crippen molar-refractivity contribution in [3.05, 3.63) is 12.2 Å². The van der Waals surface area contributed by atoms with Gasteiger partial charge in [-0.25, -0.2) is 0 Å². The molecule has 3 N–H and O–H groups in total. The molecule has 0 saturated heterocycles. The van der Waals surface area contributed by atoms with Gasteiger partial charge in [-0.15, -0.1) is 0 Å². The van der Waals surface area contributed by atoms with Crippen LogP contribution in [0, 0.1) is 0 Å². The number of esters is 1. The van der Waals surface area contributed by atoms with Gasteiger partial charge in [-0.3, -0.25) is 4.79 Å². The summed E-state index contributed by atoms with van der Waals surface area (Å²) in [6.45, 7) is 2.06. The van der Waals surface area contributed by atoms with Crippen molar-refractivity contribution in [3.8, 4) is 0 Å². The van der Waals surface area contributed by atoms with Crippen LogP contribution >= 0.6 is 0 Å². The van der Waals surface area contributed by atoms with Gasteiger partial charge in [-0.1, -0.05) is 70.4 Å². The van der Waals surface area contributed by atoms with E-state index in [0.717, 1.165) is 25.7 Å². The lowest BCUT2D eigenvalue weighted by atomic mass is 10.1. The highest BCUT2D eigenvalue weighted by Gasteiger charge is 2.18. The molecule has 154 valence electrons. The molecule has 0 aromatic rings. The van der Waals surface area contributed by atoms with Gasteiger partial charge in [0.15, 0.2) is 0 Å². The number of carbonyl (C=O) groups excluding carboxylic acids is 1. The summed E-state index contributed by atoms with van der Waals surface area (Å²) < 4.78 is 4.81. The van der Waals surface area contributed by atoms with E-state index in [4.69, 9.17) is 20.1 Å². The normalized spacial score (nSPS) is 12.0. The predicted octanol–water partition coefficient (Wildman–Crippen LogP) is 4.59. The maximum absolute atomic E-state index is 11.4. The fraction of sp³-hybridized carbons (Fsp3) is 0.857. The van der Waals surface area contributed by atoms with E-state index in [9.17, 15) is 4.79 Å². The monoisotopic (exact) mass is 372 g/mol. The van der Waals surface area contributed by atoms with Gasteiger partial charge in [0.1, 0.15) is 0 Å². The lowest BCUT2D eigenvalue weighted by molar-refractivity contribution is -0.317. The van der Waals surface area contributed by atoms with Crippen molar-refractivity contribution >= 4 is 5.97 Å². The van der Waals surface area contributed by atoms with Crippen LogP contribution in [0.15, 0.2) is 12.2 Å². The molecule has 0 unspecified atom stereocenters. The Morgan fingerprint density at radius 3 is 1.85 bits per heavy atom. The van der Waals surface area contributed by atoms with Crippen molar-refractivity contribution in [1.82, 2.24) is 0 Å². The first kappa shape index (κ1) is 25.1. The van der Waals surface area contributed by atoms with Crippen LogP contribution in [0.4, 0.5) is 0 Å². The summed E-state index contributed by atoms with van der Waals surface area (Å²) in [5.74, 6) is -3.12. The topological polar surface area (TPSA) is 87.0 Å². The third kappa shape index (κ3) is 21.1. The summed E-state index contributed by atoms with van der Waals surface area (Å²) in [5.41, 5.74) is 0. The van der Waals surface area contributed by atoms with Gasteiger partial charge in [-0.05, 0) is 32.1 Å². The van der Waals surface area contributed by atoms with Crippen molar-refractivity contribution in [1.29, 1.82) is 0 Å². The molecule has 0 aromatic heterocycles. The van der Waals surface area contributed by atoms with Crippen molar-refractivity contribution < 1.29 is 24.9 Å². The molecule has 0 rings (SSSR count). The summed E-state index contributed by atoms with van der Waals surface area (Å²) in [6.07, 6.45) is 20.3. The van der Waals surface area contributed by atoms with Crippen LogP contribution in [0.25, 0.3) is 0 Å². The van der Waals surface area contributed by atoms with Crippen LogP contribution < -0.4 is 0 Å². The Bertz CT molecular complexity index is 347. The second-order valence-electron chi connectivity index (χ2n) is 7.08. The number of aliphatic hydroxyl groups is 3. The fourth-order valence-corrected chi connectivity index (χ4v) is 2.71. The molecule has 0 fully saturated rings. The first-order valence-corrected chi connectivity index (χ1v) is 10.4. The molecular formula is C21H40O5. The number of unbranched alkanes of at least 4 members (excludes halogenated alkanes) is 11. The van der Waals surface area contributed by atoms with Crippen LogP contribution in [-0.4, -0.2) is 33.9 Å². The van der Waals surface area contributed by atoms with Gasteiger partial charge in [0.2, 0.25) is 0 Å². The smallest absolute Gasteiger partial charge is 0.305 e. The lowest BCUT2D eigenvalue weighted by Gasteiger charge is -2.13. The molecule has 0 radical (unpaired) electrons. The van der Waals surface area contributed by atoms with Crippen LogP contribution in [0.1, 0.15) is 103 Å². The standard InChI is InChI=1S/C21H40O5/c1-2-3-4-5-6-7-8-9-10-11-12-13-14-15-16-17-20(22)26-19-18-21(23,24)25/h9-10,23-25H,2-8,11-19H2,1H3/b10-9-. The van der Waals surface area contributed by atoms with Gasteiger partial charge in [0.05, 0.1) is 13.0 Å². The molecule has 0 amide bonds. The largest absolute Gasteiger partial charge is 0.465 e.